The van der Waals surface area contributed by atoms with Gasteiger partial charge in [0.15, 0.2) is 0 Å². The van der Waals surface area contributed by atoms with Crippen LogP contribution in [0.4, 0.5) is 5.69 Å². The summed E-state index contributed by atoms with van der Waals surface area (Å²) in [4.78, 5) is 27.5. The number of amides is 2. The van der Waals surface area contributed by atoms with Crippen LogP contribution in [0, 0.1) is 0 Å². The van der Waals surface area contributed by atoms with Crippen molar-refractivity contribution in [3.63, 3.8) is 0 Å². The summed E-state index contributed by atoms with van der Waals surface area (Å²) in [5.41, 5.74) is 4.44. The predicted octanol–water partition coefficient (Wildman–Crippen LogP) is 2.97. The summed E-state index contributed by atoms with van der Waals surface area (Å²) in [6.45, 7) is 2.04. The lowest BCUT2D eigenvalue weighted by Crippen LogP contribution is -2.17. The maximum Gasteiger partial charge on any atom is 0.271 e. The molecule has 0 unspecified atom stereocenters. The number of carbonyl (C=O) groups excluding carboxylic acids is 2. The molecule has 6 nitrogen and oxygen atoms in total. The van der Waals surface area contributed by atoms with Gasteiger partial charge in [-0.2, -0.15) is 5.10 Å². The fourth-order valence-electron chi connectivity index (χ4n) is 1.95. The third-order valence-corrected chi connectivity index (χ3v) is 3.27. The van der Waals surface area contributed by atoms with Crippen molar-refractivity contribution in [2.45, 2.75) is 26.2 Å². The molecule has 0 spiro atoms. The summed E-state index contributed by atoms with van der Waals surface area (Å²) in [7, 11) is 0. The quantitative estimate of drug-likeness (QED) is 0.606. The Balaban J connectivity index is 1.87. The number of unbranched alkanes of at least 4 members (excludes halogenated alkanes) is 1. The molecule has 0 atom stereocenters. The second-order valence-electron chi connectivity index (χ2n) is 5.21. The molecule has 1 aromatic carbocycles. The van der Waals surface area contributed by atoms with Crippen LogP contribution in [0.1, 0.15) is 42.1 Å². The third-order valence-electron chi connectivity index (χ3n) is 3.27. The molecule has 2 amide bonds. The second-order valence-corrected chi connectivity index (χ2v) is 5.21. The Bertz CT molecular complexity index is 697. The fraction of sp³-hybridized carbons (Fsp3) is 0.222. The van der Waals surface area contributed by atoms with Crippen molar-refractivity contribution in [3.05, 3.63) is 59.9 Å². The predicted molar refractivity (Wildman–Crippen MR) is 93.9 cm³/mol. The molecule has 1 aromatic heterocycles. The van der Waals surface area contributed by atoms with Crippen molar-refractivity contribution in [1.29, 1.82) is 0 Å². The first kappa shape index (κ1) is 17.3. The molecule has 0 aliphatic heterocycles. The smallest absolute Gasteiger partial charge is 0.271 e. The number of hydrogen-bond donors (Lipinski definition) is 2. The van der Waals surface area contributed by atoms with Gasteiger partial charge >= 0.3 is 0 Å². The Morgan fingerprint density at radius 1 is 1.12 bits per heavy atom. The molecular formula is C18H20N4O2. The van der Waals surface area contributed by atoms with E-state index in [0.29, 0.717) is 17.7 Å². The van der Waals surface area contributed by atoms with E-state index < -0.39 is 0 Å². The van der Waals surface area contributed by atoms with E-state index in [1.807, 2.05) is 6.92 Å². The van der Waals surface area contributed by atoms with E-state index in [1.54, 1.807) is 55.0 Å². The number of aromatic nitrogens is 1. The van der Waals surface area contributed by atoms with Crippen molar-refractivity contribution in [1.82, 2.24) is 10.4 Å². The van der Waals surface area contributed by atoms with Gasteiger partial charge in [0.1, 0.15) is 0 Å². The largest absolute Gasteiger partial charge is 0.326 e. The Kier molecular flexibility index (Phi) is 6.64. The summed E-state index contributed by atoms with van der Waals surface area (Å²) < 4.78 is 0. The summed E-state index contributed by atoms with van der Waals surface area (Å²) in [6.07, 6.45) is 7.19. The molecule has 2 aromatic rings. The Hall–Kier alpha value is -3.02. The van der Waals surface area contributed by atoms with Crippen molar-refractivity contribution in [3.8, 4) is 0 Å². The maximum atomic E-state index is 12.0. The monoisotopic (exact) mass is 324 g/mol. The highest BCUT2D eigenvalue weighted by Gasteiger charge is 2.05. The maximum absolute atomic E-state index is 12.0. The van der Waals surface area contributed by atoms with Gasteiger partial charge in [0.25, 0.3) is 5.91 Å². The summed E-state index contributed by atoms with van der Waals surface area (Å²) in [5.74, 6) is -0.333. The number of benzene rings is 1. The van der Waals surface area contributed by atoms with E-state index in [2.05, 4.69) is 20.8 Å². The molecule has 0 aliphatic rings. The lowest BCUT2D eigenvalue weighted by atomic mass is 10.2. The van der Waals surface area contributed by atoms with E-state index in [9.17, 15) is 9.59 Å². The highest BCUT2D eigenvalue weighted by molar-refractivity contribution is 5.96. The van der Waals surface area contributed by atoms with E-state index >= 15 is 0 Å². The Labute approximate surface area is 141 Å². The van der Waals surface area contributed by atoms with Gasteiger partial charge in [-0.25, -0.2) is 5.43 Å². The first-order valence-corrected chi connectivity index (χ1v) is 7.82. The van der Waals surface area contributed by atoms with Crippen molar-refractivity contribution in [2.75, 3.05) is 5.32 Å². The average Bonchev–Trinajstić information content (AvgIpc) is 2.61. The van der Waals surface area contributed by atoms with Gasteiger partial charge in [0, 0.05) is 30.1 Å². The van der Waals surface area contributed by atoms with E-state index in [1.165, 1.54) is 0 Å². The van der Waals surface area contributed by atoms with Crippen LogP contribution in [0.5, 0.6) is 0 Å². The van der Waals surface area contributed by atoms with Crippen LogP contribution in [0.25, 0.3) is 0 Å². The zero-order valence-electron chi connectivity index (χ0n) is 13.5. The molecule has 0 fully saturated rings. The number of anilines is 1. The number of hydrogen-bond acceptors (Lipinski definition) is 4. The Morgan fingerprint density at radius 3 is 2.50 bits per heavy atom. The molecule has 0 aliphatic carbocycles. The topological polar surface area (TPSA) is 83.5 Å². The first-order valence-electron chi connectivity index (χ1n) is 7.82. The van der Waals surface area contributed by atoms with Crippen LogP contribution in [-0.2, 0) is 4.79 Å². The van der Waals surface area contributed by atoms with E-state index in [0.717, 1.165) is 18.4 Å². The SMILES string of the molecule is CCCCC(=O)Nc1ccc(C(=O)N/N=C/c2ccncc2)cc1. The van der Waals surface area contributed by atoms with Gasteiger partial charge in [-0.15, -0.1) is 0 Å². The number of rotatable bonds is 7. The van der Waals surface area contributed by atoms with Crippen LogP contribution in [0.2, 0.25) is 0 Å². The van der Waals surface area contributed by atoms with Gasteiger partial charge in [0.05, 0.1) is 6.21 Å². The van der Waals surface area contributed by atoms with E-state index in [-0.39, 0.29) is 11.8 Å². The second kappa shape index (κ2) is 9.19. The molecule has 0 saturated carbocycles. The number of nitrogens with zero attached hydrogens (tertiary/aromatic N) is 2. The molecule has 0 bridgehead atoms. The third kappa shape index (κ3) is 5.64. The molecule has 0 saturated heterocycles. The normalized spacial score (nSPS) is 10.5. The molecule has 0 radical (unpaired) electrons. The molecular weight excluding hydrogens is 304 g/mol. The first-order chi connectivity index (χ1) is 11.7. The lowest BCUT2D eigenvalue weighted by Gasteiger charge is -2.05. The molecule has 2 N–H and O–H groups in total. The van der Waals surface area contributed by atoms with Gasteiger partial charge in [-0.3, -0.25) is 14.6 Å². The van der Waals surface area contributed by atoms with Crippen LogP contribution in [-0.4, -0.2) is 23.0 Å². The lowest BCUT2D eigenvalue weighted by molar-refractivity contribution is -0.116. The molecule has 6 heteroatoms. The molecule has 24 heavy (non-hydrogen) atoms. The standard InChI is InChI=1S/C18H20N4O2/c1-2-3-4-17(23)21-16-7-5-15(6-8-16)18(24)22-20-13-14-9-11-19-12-10-14/h5-13H,2-4H2,1H3,(H,21,23)(H,22,24)/b20-13+. The molecule has 1 heterocycles. The molecule has 124 valence electrons. The number of nitrogens with one attached hydrogen (secondary N) is 2. The number of hydrazone groups is 1. The summed E-state index contributed by atoms with van der Waals surface area (Å²) >= 11 is 0. The zero-order chi connectivity index (χ0) is 17.2. The fourth-order valence-corrected chi connectivity index (χ4v) is 1.95. The van der Waals surface area contributed by atoms with Crippen LogP contribution in [0.3, 0.4) is 0 Å². The van der Waals surface area contributed by atoms with Crippen LogP contribution >= 0.6 is 0 Å². The van der Waals surface area contributed by atoms with Crippen molar-refractivity contribution >= 4 is 23.7 Å². The van der Waals surface area contributed by atoms with Crippen LogP contribution < -0.4 is 10.7 Å². The Morgan fingerprint density at radius 2 is 1.83 bits per heavy atom. The molecule has 2 rings (SSSR count). The van der Waals surface area contributed by atoms with Gasteiger partial charge in [-0.1, -0.05) is 13.3 Å². The summed E-state index contributed by atoms with van der Waals surface area (Å²) in [5, 5.41) is 6.70. The van der Waals surface area contributed by atoms with Crippen LogP contribution in [0.15, 0.2) is 53.9 Å². The van der Waals surface area contributed by atoms with Gasteiger partial charge in [0.2, 0.25) is 5.91 Å². The minimum Gasteiger partial charge on any atom is -0.326 e. The van der Waals surface area contributed by atoms with Crippen molar-refractivity contribution < 1.29 is 9.59 Å². The minimum absolute atomic E-state index is 0.0176. The number of pyridine rings is 1. The highest BCUT2D eigenvalue weighted by atomic mass is 16.2. The van der Waals surface area contributed by atoms with Crippen molar-refractivity contribution in [2.24, 2.45) is 5.10 Å². The average molecular weight is 324 g/mol. The number of carbonyl (C=O) groups is 2. The van der Waals surface area contributed by atoms with Gasteiger partial charge < -0.3 is 5.32 Å². The highest BCUT2D eigenvalue weighted by Crippen LogP contribution is 2.10. The zero-order valence-corrected chi connectivity index (χ0v) is 13.5. The summed E-state index contributed by atoms with van der Waals surface area (Å²) in [6, 6.07) is 10.3. The van der Waals surface area contributed by atoms with Gasteiger partial charge in [-0.05, 0) is 48.4 Å². The van der Waals surface area contributed by atoms with E-state index in [4.69, 9.17) is 0 Å². The minimum atomic E-state index is -0.316.